The molecule has 0 amide bonds. The van der Waals surface area contributed by atoms with Crippen molar-refractivity contribution in [2.45, 2.75) is 26.7 Å². The van der Waals surface area contributed by atoms with E-state index in [9.17, 15) is 8.78 Å². The normalized spacial score (nSPS) is 10.5. The zero-order chi connectivity index (χ0) is 15.2. The Balaban J connectivity index is 2.30. The number of halogens is 2. The second kappa shape index (κ2) is 6.97. The van der Waals surface area contributed by atoms with E-state index in [4.69, 9.17) is 4.74 Å². The van der Waals surface area contributed by atoms with Crippen molar-refractivity contribution in [3.63, 3.8) is 0 Å². The van der Waals surface area contributed by atoms with E-state index in [1.54, 1.807) is 0 Å². The molecule has 2 aromatic rings. The third kappa shape index (κ3) is 3.65. The summed E-state index contributed by atoms with van der Waals surface area (Å²) in [5.41, 5.74) is 0.759. The molecule has 0 bridgehead atoms. The van der Waals surface area contributed by atoms with E-state index in [-0.39, 0.29) is 11.6 Å². The molecule has 6 heteroatoms. The van der Waals surface area contributed by atoms with Crippen molar-refractivity contribution in [1.29, 1.82) is 0 Å². The molecule has 0 aliphatic carbocycles. The molecule has 21 heavy (non-hydrogen) atoms. The molecule has 0 saturated heterocycles. The molecule has 2 rings (SSSR count). The van der Waals surface area contributed by atoms with Gasteiger partial charge in [-0.05, 0) is 25.0 Å². The van der Waals surface area contributed by atoms with Gasteiger partial charge in [0.05, 0.1) is 5.56 Å². The first kappa shape index (κ1) is 15.2. The topological polar surface area (TPSA) is 47.0 Å². The fourth-order valence-electron chi connectivity index (χ4n) is 1.86. The van der Waals surface area contributed by atoms with Gasteiger partial charge >= 0.3 is 0 Å². The van der Waals surface area contributed by atoms with E-state index in [1.165, 1.54) is 12.4 Å². The fourth-order valence-corrected chi connectivity index (χ4v) is 1.86. The van der Waals surface area contributed by atoms with Crippen molar-refractivity contribution in [1.82, 2.24) is 9.97 Å². The minimum Gasteiger partial charge on any atom is -0.435 e. The predicted octanol–water partition coefficient (Wildman–Crippen LogP) is 3.93. The summed E-state index contributed by atoms with van der Waals surface area (Å²) in [6.45, 7) is 4.75. The van der Waals surface area contributed by atoms with Crippen LogP contribution < -0.4 is 10.1 Å². The summed E-state index contributed by atoms with van der Waals surface area (Å²) in [5.74, 6) is -0.531. The Morgan fingerprint density at radius 2 is 2.00 bits per heavy atom. The summed E-state index contributed by atoms with van der Waals surface area (Å²) in [4.78, 5) is 8.21. The van der Waals surface area contributed by atoms with Crippen molar-refractivity contribution >= 4 is 5.82 Å². The van der Waals surface area contributed by atoms with Crippen LogP contribution in [0, 0.1) is 11.6 Å². The molecule has 1 aromatic heterocycles. The van der Waals surface area contributed by atoms with Crippen molar-refractivity contribution in [2.24, 2.45) is 0 Å². The maximum atomic E-state index is 13.7. The lowest BCUT2D eigenvalue weighted by molar-refractivity contribution is 0.418. The summed E-state index contributed by atoms with van der Waals surface area (Å²) in [6.07, 6.45) is 2.94. The minimum atomic E-state index is -0.765. The highest BCUT2D eigenvalue weighted by Crippen LogP contribution is 2.29. The minimum absolute atomic E-state index is 0.0637. The number of nitrogens with zero attached hydrogens (tertiary/aromatic N) is 2. The van der Waals surface area contributed by atoms with Crippen molar-refractivity contribution in [3.05, 3.63) is 41.7 Å². The molecule has 0 atom stereocenters. The van der Waals surface area contributed by atoms with E-state index >= 15 is 0 Å². The zero-order valence-corrected chi connectivity index (χ0v) is 12.0. The number of benzene rings is 1. The van der Waals surface area contributed by atoms with Crippen LogP contribution >= 0.6 is 0 Å². The lowest BCUT2D eigenvalue weighted by Gasteiger charge is -2.13. The summed E-state index contributed by atoms with van der Waals surface area (Å²) < 4.78 is 32.0. The molecular formula is C15H17F2N3O. The van der Waals surface area contributed by atoms with Crippen LogP contribution in [-0.4, -0.2) is 16.5 Å². The highest BCUT2D eigenvalue weighted by molar-refractivity contribution is 5.49. The van der Waals surface area contributed by atoms with E-state index in [2.05, 4.69) is 15.3 Å². The van der Waals surface area contributed by atoms with Gasteiger partial charge in [0, 0.05) is 12.6 Å². The Kier molecular flexibility index (Phi) is 5.03. The Morgan fingerprint density at radius 3 is 2.67 bits per heavy atom. The van der Waals surface area contributed by atoms with Crippen LogP contribution in [0.15, 0.2) is 24.5 Å². The summed E-state index contributed by atoms with van der Waals surface area (Å²) >= 11 is 0. The molecule has 1 aromatic carbocycles. The Morgan fingerprint density at radius 1 is 1.19 bits per heavy atom. The number of hydrogen-bond donors (Lipinski definition) is 1. The van der Waals surface area contributed by atoms with Crippen molar-refractivity contribution < 1.29 is 13.5 Å². The molecule has 4 nitrogen and oxygen atoms in total. The number of anilines is 1. The Labute approximate surface area is 122 Å². The maximum Gasteiger partial charge on any atom is 0.227 e. The highest BCUT2D eigenvalue weighted by atomic mass is 19.1. The maximum absolute atomic E-state index is 13.7. The molecule has 0 fully saturated rings. The third-order valence-electron chi connectivity index (χ3n) is 2.90. The van der Waals surface area contributed by atoms with Gasteiger partial charge in [0.15, 0.2) is 11.6 Å². The SMILES string of the molecule is CCCNc1ncnc(Oc2ccc(F)cc2F)c1CC. The largest absolute Gasteiger partial charge is 0.435 e. The second-order valence-corrected chi connectivity index (χ2v) is 4.46. The quantitative estimate of drug-likeness (QED) is 0.876. The first-order chi connectivity index (χ1) is 10.2. The van der Waals surface area contributed by atoms with Gasteiger partial charge in [-0.15, -0.1) is 0 Å². The van der Waals surface area contributed by atoms with Crippen LogP contribution in [0.5, 0.6) is 11.6 Å². The van der Waals surface area contributed by atoms with Gasteiger partial charge in [-0.3, -0.25) is 0 Å². The molecule has 1 N–H and O–H groups in total. The van der Waals surface area contributed by atoms with E-state index < -0.39 is 11.6 Å². The summed E-state index contributed by atoms with van der Waals surface area (Å²) in [7, 11) is 0. The number of ether oxygens (including phenoxy) is 1. The van der Waals surface area contributed by atoms with Gasteiger partial charge in [0.25, 0.3) is 0 Å². The van der Waals surface area contributed by atoms with E-state index in [0.29, 0.717) is 12.2 Å². The fraction of sp³-hybridized carbons (Fsp3) is 0.333. The summed E-state index contributed by atoms with van der Waals surface area (Å²) in [5, 5.41) is 3.18. The molecular weight excluding hydrogens is 276 g/mol. The molecule has 0 aliphatic heterocycles. The van der Waals surface area contributed by atoms with Crippen LogP contribution in [0.25, 0.3) is 0 Å². The summed E-state index contributed by atoms with van der Waals surface area (Å²) in [6, 6.07) is 3.16. The standard InChI is InChI=1S/C15H17F2N3O/c1-3-7-18-14-11(4-2)15(20-9-19-14)21-13-6-5-10(16)8-12(13)17/h5-6,8-9H,3-4,7H2,1-2H3,(H,18,19,20). The van der Waals surface area contributed by atoms with Crippen LogP contribution in [-0.2, 0) is 6.42 Å². The average Bonchev–Trinajstić information content (AvgIpc) is 2.48. The van der Waals surface area contributed by atoms with Crippen molar-refractivity contribution in [3.8, 4) is 11.6 Å². The number of hydrogen-bond acceptors (Lipinski definition) is 4. The third-order valence-corrected chi connectivity index (χ3v) is 2.90. The molecule has 0 saturated carbocycles. The Bertz CT molecular complexity index is 620. The van der Waals surface area contributed by atoms with E-state index in [1.807, 2.05) is 13.8 Å². The molecule has 0 spiro atoms. The predicted molar refractivity (Wildman–Crippen MR) is 76.6 cm³/mol. The van der Waals surface area contributed by atoms with Crippen LogP contribution in [0.3, 0.4) is 0 Å². The lowest BCUT2D eigenvalue weighted by Crippen LogP contribution is -2.07. The second-order valence-electron chi connectivity index (χ2n) is 4.46. The first-order valence-electron chi connectivity index (χ1n) is 6.86. The molecule has 0 radical (unpaired) electrons. The van der Waals surface area contributed by atoms with Gasteiger partial charge < -0.3 is 10.1 Å². The van der Waals surface area contributed by atoms with Gasteiger partial charge in [0.1, 0.15) is 18.0 Å². The molecule has 0 unspecified atom stereocenters. The molecule has 112 valence electrons. The first-order valence-corrected chi connectivity index (χ1v) is 6.86. The van der Waals surface area contributed by atoms with Crippen LogP contribution in [0.2, 0.25) is 0 Å². The van der Waals surface area contributed by atoms with Crippen molar-refractivity contribution in [2.75, 3.05) is 11.9 Å². The number of nitrogens with one attached hydrogen (secondary N) is 1. The van der Waals surface area contributed by atoms with Gasteiger partial charge in [-0.2, -0.15) is 0 Å². The Hall–Kier alpha value is -2.24. The van der Waals surface area contributed by atoms with Gasteiger partial charge in [0.2, 0.25) is 5.88 Å². The number of aromatic nitrogens is 2. The monoisotopic (exact) mass is 293 g/mol. The zero-order valence-electron chi connectivity index (χ0n) is 12.0. The van der Waals surface area contributed by atoms with Crippen LogP contribution in [0.1, 0.15) is 25.8 Å². The average molecular weight is 293 g/mol. The van der Waals surface area contributed by atoms with Gasteiger partial charge in [-0.1, -0.05) is 13.8 Å². The molecule has 0 aliphatic rings. The van der Waals surface area contributed by atoms with Crippen LogP contribution in [0.4, 0.5) is 14.6 Å². The highest BCUT2D eigenvalue weighted by Gasteiger charge is 2.14. The smallest absolute Gasteiger partial charge is 0.227 e. The van der Waals surface area contributed by atoms with E-state index in [0.717, 1.165) is 30.7 Å². The van der Waals surface area contributed by atoms with Gasteiger partial charge in [-0.25, -0.2) is 18.7 Å². The number of rotatable bonds is 6. The lowest BCUT2D eigenvalue weighted by atomic mass is 10.2. The molecule has 1 heterocycles.